The fourth-order valence-electron chi connectivity index (χ4n) is 2.18. The summed E-state index contributed by atoms with van der Waals surface area (Å²) in [5, 5.41) is 19.0. The molecule has 1 fully saturated rings. The Kier molecular flexibility index (Phi) is 3.51. The molecule has 102 valence electrons. The molecule has 19 heavy (non-hydrogen) atoms. The van der Waals surface area contributed by atoms with Gasteiger partial charge in [-0.3, -0.25) is 4.90 Å². The fourth-order valence-corrected chi connectivity index (χ4v) is 2.18. The van der Waals surface area contributed by atoms with E-state index in [0.717, 1.165) is 45.1 Å². The first-order valence-electron chi connectivity index (χ1n) is 6.52. The molecule has 1 aliphatic heterocycles. The molecular formula is C11H18N8. The molecule has 2 aromatic heterocycles. The van der Waals surface area contributed by atoms with Gasteiger partial charge in [-0.05, 0) is 22.6 Å². The van der Waals surface area contributed by atoms with Crippen LogP contribution < -0.4 is 10.2 Å². The van der Waals surface area contributed by atoms with Crippen molar-refractivity contribution in [2.24, 2.45) is 0 Å². The Bertz CT molecular complexity index is 532. The van der Waals surface area contributed by atoms with Crippen molar-refractivity contribution in [3.8, 4) is 0 Å². The molecule has 1 aliphatic rings. The summed E-state index contributed by atoms with van der Waals surface area (Å²) >= 11 is 0. The van der Waals surface area contributed by atoms with Crippen LogP contribution in [0.15, 0.2) is 12.1 Å². The van der Waals surface area contributed by atoms with Gasteiger partial charge in [-0.2, -0.15) is 0 Å². The van der Waals surface area contributed by atoms with Crippen molar-refractivity contribution in [3.05, 3.63) is 12.1 Å². The van der Waals surface area contributed by atoms with Crippen molar-refractivity contribution < 1.29 is 0 Å². The largest absolute Gasteiger partial charge is 0.357 e. The van der Waals surface area contributed by atoms with Crippen LogP contribution in [0.4, 0.5) is 5.82 Å². The third kappa shape index (κ3) is 2.79. The smallest absolute Gasteiger partial charge is 0.200 e. The van der Waals surface area contributed by atoms with E-state index in [2.05, 4.69) is 35.7 Å². The van der Waals surface area contributed by atoms with Crippen LogP contribution in [0.3, 0.4) is 0 Å². The van der Waals surface area contributed by atoms with Gasteiger partial charge in [0.05, 0.1) is 0 Å². The molecule has 1 N–H and O–H groups in total. The minimum absolute atomic E-state index is 0.666. The molecule has 0 unspecified atom stereocenters. The van der Waals surface area contributed by atoms with E-state index in [1.807, 2.05) is 19.2 Å². The number of likely N-dealkylation sites (N-methyl/N-ethyl adjacent to an activating group) is 1. The summed E-state index contributed by atoms with van der Waals surface area (Å²) in [7, 11) is 2.04. The van der Waals surface area contributed by atoms with Gasteiger partial charge in [-0.1, -0.05) is 0 Å². The van der Waals surface area contributed by atoms with Gasteiger partial charge in [-0.15, -0.1) is 14.8 Å². The second kappa shape index (κ2) is 5.45. The first kappa shape index (κ1) is 12.2. The molecule has 8 heteroatoms. The van der Waals surface area contributed by atoms with Gasteiger partial charge in [-0.25, -0.2) is 0 Å². The molecule has 0 spiro atoms. The zero-order valence-electron chi connectivity index (χ0n) is 11.0. The maximum absolute atomic E-state index is 4.37. The van der Waals surface area contributed by atoms with Crippen LogP contribution in [0.2, 0.25) is 0 Å². The van der Waals surface area contributed by atoms with Crippen LogP contribution in [-0.2, 0) is 0 Å². The van der Waals surface area contributed by atoms with Gasteiger partial charge >= 0.3 is 0 Å². The average Bonchev–Trinajstić information content (AvgIpc) is 2.93. The van der Waals surface area contributed by atoms with E-state index < -0.39 is 0 Å². The van der Waals surface area contributed by atoms with Crippen LogP contribution in [0, 0.1) is 0 Å². The zero-order valence-corrected chi connectivity index (χ0v) is 11.0. The number of aromatic nitrogens is 5. The number of tetrazole rings is 1. The van der Waals surface area contributed by atoms with E-state index in [0.29, 0.717) is 5.65 Å². The highest BCUT2D eigenvalue weighted by atomic mass is 15.6. The van der Waals surface area contributed by atoms with Gasteiger partial charge in [0.2, 0.25) is 0 Å². The number of piperazine rings is 1. The van der Waals surface area contributed by atoms with Gasteiger partial charge in [0, 0.05) is 46.3 Å². The normalized spacial score (nSPS) is 16.9. The first-order chi connectivity index (χ1) is 9.33. The number of fused-ring (bicyclic) bond motifs is 1. The SMILES string of the molecule is CN(CCN1CCNCC1)c1ccc2nnnn2n1. The van der Waals surface area contributed by atoms with Crippen molar-refractivity contribution in [1.29, 1.82) is 0 Å². The van der Waals surface area contributed by atoms with Crippen LogP contribution in [0.25, 0.3) is 5.65 Å². The Morgan fingerprint density at radius 2 is 2.16 bits per heavy atom. The second-order valence-corrected chi connectivity index (χ2v) is 4.73. The minimum atomic E-state index is 0.666. The monoisotopic (exact) mass is 262 g/mol. The molecule has 0 aliphatic carbocycles. The van der Waals surface area contributed by atoms with Gasteiger partial charge in [0.25, 0.3) is 0 Å². The van der Waals surface area contributed by atoms with Crippen molar-refractivity contribution in [2.45, 2.75) is 0 Å². The predicted molar refractivity (Wildman–Crippen MR) is 71.2 cm³/mol. The number of anilines is 1. The maximum atomic E-state index is 4.37. The highest BCUT2D eigenvalue weighted by molar-refractivity contribution is 5.43. The van der Waals surface area contributed by atoms with E-state index in [-0.39, 0.29) is 0 Å². The average molecular weight is 262 g/mol. The van der Waals surface area contributed by atoms with Crippen molar-refractivity contribution in [3.63, 3.8) is 0 Å². The Morgan fingerprint density at radius 1 is 1.32 bits per heavy atom. The minimum Gasteiger partial charge on any atom is -0.357 e. The Labute approximate surface area is 111 Å². The molecule has 0 atom stereocenters. The van der Waals surface area contributed by atoms with Crippen molar-refractivity contribution in [2.75, 3.05) is 51.2 Å². The van der Waals surface area contributed by atoms with E-state index in [1.165, 1.54) is 4.63 Å². The summed E-state index contributed by atoms with van der Waals surface area (Å²) in [6, 6.07) is 3.83. The summed E-state index contributed by atoms with van der Waals surface area (Å²) in [5.74, 6) is 0.884. The molecular weight excluding hydrogens is 244 g/mol. The molecule has 1 saturated heterocycles. The van der Waals surface area contributed by atoms with Crippen LogP contribution >= 0.6 is 0 Å². The van der Waals surface area contributed by atoms with E-state index in [4.69, 9.17) is 0 Å². The summed E-state index contributed by atoms with van der Waals surface area (Å²) in [4.78, 5) is 4.59. The molecule has 0 saturated carbocycles. The molecule has 3 rings (SSSR count). The standard InChI is InChI=1S/C11H18N8/c1-17(8-9-18-6-4-12-5-7-18)11-3-2-10-13-15-16-19(10)14-11/h2-3,12H,4-9H2,1H3. The number of nitrogens with one attached hydrogen (secondary N) is 1. The third-order valence-corrected chi connectivity index (χ3v) is 3.41. The molecule has 0 amide bonds. The van der Waals surface area contributed by atoms with Gasteiger partial charge in [0.1, 0.15) is 0 Å². The lowest BCUT2D eigenvalue weighted by molar-refractivity contribution is 0.246. The molecule has 0 radical (unpaired) electrons. The lowest BCUT2D eigenvalue weighted by atomic mass is 10.3. The highest BCUT2D eigenvalue weighted by Gasteiger charge is 2.11. The lowest BCUT2D eigenvalue weighted by Crippen LogP contribution is -2.46. The summed E-state index contributed by atoms with van der Waals surface area (Å²) in [5.41, 5.74) is 0.666. The quantitative estimate of drug-likeness (QED) is 0.746. The van der Waals surface area contributed by atoms with Crippen LogP contribution in [0.1, 0.15) is 0 Å². The first-order valence-corrected chi connectivity index (χ1v) is 6.52. The van der Waals surface area contributed by atoms with E-state index >= 15 is 0 Å². The number of hydrogen-bond donors (Lipinski definition) is 1. The number of rotatable bonds is 4. The Balaban J connectivity index is 1.60. The third-order valence-electron chi connectivity index (χ3n) is 3.41. The van der Waals surface area contributed by atoms with Crippen molar-refractivity contribution in [1.82, 2.24) is 35.5 Å². The predicted octanol–water partition coefficient (Wildman–Crippen LogP) is -1.14. The fraction of sp³-hybridized carbons (Fsp3) is 0.636. The molecule has 0 aromatic carbocycles. The Hall–Kier alpha value is -1.80. The summed E-state index contributed by atoms with van der Waals surface area (Å²) < 4.78 is 1.46. The molecule has 8 nitrogen and oxygen atoms in total. The van der Waals surface area contributed by atoms with Crippen LogP contribution in [-0.4, -0.2) is 76.5 Å². The maximum Gasteiger partial charge on any atom is 0.200 e. The van der Waals surface area contributed by atoms with Gasteiger partial charge in [0.15, 0.2) is 11.5 Å². The van der Waals surface area contributed by atoms with Crippen molar-refractivity contribution >= 4 is 11.5 Å². The Morgan fingerprint density at radius 3 is 3.00 bits per heavy atom. The molecule has 3 heterocycles. The molecule has 2 aromatic rings. The summed E-state index contributed by atoms with van der Waals surface area (Å²) in [6.45, 7) is 6.39. The molecule has 0 bridgehead atoms. The van der Waals surface area contributed by atoms with E-state index in [1.54, 1.807) is 0 Å². The highest BCUT2D eigenvalue weighted by Crippen LogP contribution is 2.08. The van der Waals surface area contributed by atoms with Gasteiger partial charge < -0.3 is 10.2 Å². The zero-order chi connectivity index (χ0) is 13.1. The number of hydrogen-bond acceptors (Lipinski definition) is 7. The topological polar surface area (TPSA) is 74.5 Å². The van der Waals surface area contributed by atoms with E-state index in [9.17, 15) is 0 Å². The second-order valence-electron chi connectivity index (χ2n) is 4.73. The lowest BCUT2D eigenvalue weighted by Gasteiger charge is -2.29. The summed E-state index contributed by atoms with van der Waals surface area (Å²) in [6.07, 6.45) is 0. The van der Waals surface area contributed by atoms with Crippen LogP contribution in [0.5, 0.6) is 0 Å². The number of nitrogens with zero attached hydrogens (tertiary/aromatic N) is 7.